The van der Waals surface area contributed by atoms with Crippen molar-refractivity contribution < 1.29 is 9.13 Å². The first-order chi connectivity index (χ1) is 9.20. The first-order valence-corrected chi connectivity index (χ1v) is 6.41. The molecule has 0 amide bonds. The molecule has 0 saturated carbocycles. The Kier molecular flexibility index (Phi) is 4.91. The quantitative estimate of drug-likeness (QED) is 0.908. The summed E-state index contributed by atoms with van der Waals surface area (Å²) in [4.78, 5) is 0. The number of halogens is 2. The molecule has 0 fully saturated rings. The second kappa shape index (κ2) is 6.66. The van der Waals surface area contributed by atoms with Crippen LogP contribution in [-0.2, 0) is 4.74 Å². The Morgan fingerprint density at radius 3 is 2.05 bits per heavy atom. The van der Waals surface area contributed by atoms with Crippen LogP contribution in [0.2, 0.25) is 5.02 Å². The van der Waals surface area contributed by atoms with Gasteiger partial charge < -0.3 is 10.5 Å². The number of hydrogen-bond acceptors (Lipinski definition) is 2. The molecule has 0 bridgehead atoms. The SMILES string of the molecule is NCCO[C@@H](c1ccc(F)cc1)c1ccc(Cl)cc1. The molecule has 0 radical (unpaired) electrons. The van der Waals surface area contributed by atoms with Gasteiger partial charge in [0.15, 0.2) is 0 Å². The molecular formula is C15H15ClFNO. The fraction of sp³-hybridized carbons (Fsp3) is 0.200. The lowest BCUT2D eigenvalue weighted by Gasteiger charge is -2.18. The maximum absolute atomic E-state index is 13.0. The third-order valence-corrected chi connectivity index (χ3v) is 3.00. The van der Waals surface area contributed by atoms with Crippen molar-refractivity contribution in [3.8, 4) is 0 Å². The van der Waals surface area contributed by atoms with Gasteiger partial charge in [-0.05, 0) is 35.4 Å². The summed E-state index contributed by atoms with van der Waals surface area (Å²) in [5.74, 6) is -0.266. The molecule has 2 aromatic carbocycles. The molecule has 4 heteroatoms. The predicted molar refractivity (Wildman–Crippen MR) is 74.7 cm³/mol. The van der Waals surface area contributed by atoms with E-state index in [0.29, 0.717) is 18.2 Å². The smallest absolute Gasteiger partial charge is 0.123 e. The van der Waals surface area contributed by atoms with Crippen LogP contribution in [0.1, 0.15) is 17.2 Å². The molecule has 0 aliphatic heterocycles. The lowest BCUT2D eigenvalue weighted by atomic mass is 10.0. The highest BCUT2D eigenvalue weighted by molar-refractivity contribution is 6.30. The van der Waals surface area contributed by atoms with Gasteiger partial charge in [0, 0.05) is 11.6 Å². The maximum Gasteiger partial charge on any atom is 0.123 e. The Balaban J connectivity index is 2.29. The standard InChI is InChI=1S/C15H15ClFNO/c16-13-5-1-11(2-6-13)15(19-10-9-18)12-3-7-14(17)8-4-12/h1-8,15H,9-10,18H2/t15-/m1/s1. The average Bonchev–Trinajstić information content (AvgIpc) is 2.43. The van der Waals surface area contributed by atoms with E-state index in [9.17, 15) is 4.39 Å². The van der Waals surface area contributed by atoms with Crippen LogP contribution in [-0.4, -0.2) is 13.2 Å². The van der Waals surface area contributed by atoms with Crippen molar-refractivity contribution >= 4 is 11.6 Å². The fourth-order valence-electron chi connectivity index (χ4n) is 1.85. The zero-order valence-electron chi connectivity index (χ0n) is 10.4. The Morgan fingerprint density at radius 1 is 1.00 bits per heavy atom. The first kappa shape index (κ1) is 14.0. The summed E-state index contributed by atoms with van der Waals surface area (Å²) in [7, 11) is 0. The largest absolute Gasteiger partial charge is 0.367 e. The molecule has 0 heterocycles. The van der Waals surface area contributed by atoms with Crippen molar-refractivity contribution in [2.75, 3.05) is 13.2 Å². The minimum Gasteiger partial charge on any atom is -0.367 e. The number of rotatable bonds is 5. The highest BCUT2D eigenvalue weighted by atomic mass is 35.5. The van der Waals surface area contributed by atoms with Gasteiger partial charge in [-0.1, -0.05) is 35.9 Å². The van der Waals surface area contributed by atoms with Crippen LogP contribution in [0.3, 0.4) is 0 Å². The molecule has 2 N–H and O–H groups in total. The summed E-state index contributed by atoms with van der Waals surface area (Å²) >= 11 is 5.88. The number of hydrogen-bond donors (Lipinski definition) is 1. The zero-order valence-corrected chi connectivity index (χ0v) is 11.1. The van der Waals surface area contributed by atoms with Gasteiger partial charge in [0.2, 0.25) is 0 Å². The van der Waals surface area contributed by atoms with E-state index in [1.807, 2.05) is 12.1 Å². The molecule has 2 aromatic rings. The van der Waals surface area contributed by atoms with E-state index in [-0.39, 0.29) is 11.9 Å². The third-order valence-electron chi connectivity index (χ3n) is 2.75. The third kappa shape index (κ3) is 3.77. The van der Waals surface area contributed by atoms with Crippen LogP contribution in [0.5, 0.6) is 0 Å². The minimum atomic E-state index is -0.266. The molecule has 0 aliphatic carbocycles. The molecule has 100 valence electrons. The molecule has 1 atom stereocenters. The van der Waals surface area contributed by atoms with E-state index >= 15 is 0 Å². The zero-order chi connectivity index (χ0) is 13.7. The summed E-state index contributed by atoms with van der Waals surface area (Å²) < 4.78 is 18.7. The van der Waals surface area contributed by atoms with Crippen LogP contribution in [0.25, 0.3) is 0 Å². The van der Waals surface area contributed by atoms with E-state index in [1.165, 1.54) is 12.1 Å². The minimum absolute atomic E-state index is 0.263. The maximum atomic E-state index is 13.0. The predicted octanol–water partition coefficient (Wildman–Crippen LogP) is 3.54. The van der Waals surface area contributed by atoms with Gasteiger partial charge in [0.1, 0.15) is 11.9 Å². The molecule has 0 aromatic heterocycles. The fourth-order valence-corrected chi connectivity index (χ4v) is 1.97. The Labute approximate surface area is 117 Å². The number of benzene rings is 2. The van der Waals surface area contributed by atoms with Gasteiger partial charge in [-0.2, -0.15) is 0 Å². The van der Waals surface area contributed by atoms with E-state index in [1.54, 1.807) is 24.3 Å². The summed E-state index contributed by atoms with van der Waals surface area (Å²) in [6.45, 7) is 0.871. The Hall–Kier alpha value is -1.42. The van der Waals surface area contributed by atoms with Gasteiger partial charge in [-0.25, -0.2) is 4.39 Å². The molecule has 0 spiro atoms. The Bertz CT molecular complexity index is 467. The lowest BCUT2D eigenvalue weighted by Crippen LogP contribution is -2.13. The first-order valence-electron chi connectivity index (χ1n) is 6.03. The van der Waals surface area contributed by atoms with Crippen molar-refractivity contribution in [2.24, 2.45) is 5.73 Å². The molecule has 19 heavy (non-hydrogen) atoms. The van der Waals surface area contributed by atoms with Gasteiger partial charge in [0.05, 0.1) is 6.61 Å². The van der Waals surface area contributed by atoms with Gasteiger partial charge in [-0.3, -0.25) is 0 Å². The normalized spacial score (nSPS) is 12.4. The van der Waals surface area contributed by atoms with Crippen LogP contribution in [0, 0.1) is 5.82 Å². The monoisotopic (exact) mass is 279 g/mol. The average molecular weight is 280 g/mol. The second-order valence-electron chi connectivity index (χ2n) is 4.14. The summed E-state index contributed by atoms with van der Waals surface area (Å²) in [6.07, 6.45) is -0.263. The van der Waals surface area contributed by atoms with Gasteiger partial charge in [-0.15, -0.1) is 0 Å². The molecular weight excluding hydrogens is 265 g/mol. The van der Waals surface area contributed by atoms with E-state index < -0.39 is 0 Å². The second-order valence-corrected chi connectivity index (χ2v) is 4.58. The van der Waals surface area contributed by atoms with E-state index in [4.69, 9.17) is 22.1 Å². The summed E-state index contributed by atoms with van der Waals surface area (Å²) in [5.41, 5.74) is 7.32. The van der Waals surface area contributed by atoms with Crippen LogP contribution in [0.15, 0.2) is 48.5 Å². The molecule has 0 unspecified atom stereocenters. The molecule has 0 saturated heterocycles. The highest BCUT2D eigenvalue weighted by Gasteiger charge is 2.14. The van der Waals surface area contributed by atoms with Gasteiger partial charge >= 0.3 is 0 Å². The van der Waals surface area contributed by atoms with Crippen LogP contribution in [0.4, 0.5) is 4.39 Å². The van der Waals surface area contributed by atoms with E-state index in [0.717, 1.165) is 11.1 Å². The summed E-state index contributed by atoms with van der Waals surface area (Å²) in [6, 6.07) is 13.7. The van der Waals surface area contributed by atoms with Crippen LogP contribution >= 0.6 is 11.6 Å². The van der Waals surface area contributed by atoms with Crippen molar-refractivity contribution in [2.45, 2.75) is 6.10 Å². The lowest BCUT2D eigenvalue weighted by molar-refractivity contribution is 0.0864. The molecule has 0 aliphatic rings. The van der Waals surface area contributed by atoms with Crippen molar-refractivity contribution in [1.82, 2.24) is 0 Å². The Morgan fingerprint density at radius 2 is 1.53 bits per heavy atom. The molecule has 2 rings (SSSR count). The van der Waals surface area contributed by atoms with Crippen molar-refractivity contribution in [3.63, 3.8) is 0 Å². The number of ether oxygens (including phenoxy) is 1. The van der Waals surface area contributed by atoms with E-state index in [2.05, 4.69) is 0 Å². The summed E-state index contributed by atoms with van der Waals surface area (Å²) in [5, 5.41) is 0.667. The van der Waals surface area contributed by atoms with Crippen molar-refractivity contribution in [1.29, 1.82) is 0 Å². The van der Waals surface area contributed by atoms with Gasteiger partial charge in [0.25, 0.3) is 0 Å². The molecule has 2 nitrogen and oxygen atoms in total. The number of nitrogens with two attached hydrogens (primary N) is 1. The topological polar surface area (TPSA) is 35.2 Å². The highest BCUT2D eigenvalue weighted by Crippen LogP contribution is 2.27. The van der Waals surface area contributed by atoms with Crippen molar-refractivity contribution in [3.05, 3.63) is 70.5 Å². The van der Waals surface area contributed by atoms with Crippen LogP contribution < -0.4 is 5.73 Å².